The molecule has 0 saturated carbocycles. The highest BCUT2D eigenvalue weighted by Crippen LogP contribution is 2.20. The highest BCUT2D eigenvalue weighted by molar-refractivity contribution is 7.86. The monoisotopic (exact) mass is 262 g/mol. The van der Waals surface area contributed by atoms with E-state index in [0.29, 0.717) is 11.3 Å². The minimum atomic E-state index is -1.51. The number of rotatable bonds is 4. The summed E-state index contributed by atoms with van der Waals surface area (Å²) in [6.07, 6.45) is 0.356. The topological polar surface area (TPSA) is 54.4 Å². The minimum Gasteiger partial charge on any atom is -0.480 e. The van der Waals surface area contributed by atoms with E-state index >= 15 is 0 Å². The summed E-state index contributed by atoms with van der Waals surface area (Å²) in [5.74, 6) is -1.01. The second-order valence-electron chi connectivity index (χ2n) is 4.04. The van der Waals surface area contributed by atoms with Crippen LogP contribution in [0.5, 0.6) is 0 Å². The Hall–Kier alpha value is -1.68. The predicted molar refractivity (Wildman–Crippen MR) is 72.1 cm³/mol. The van der Waals surface area contributed by atoms with Crippen LogP contribution in [0.1, 0.15) is 13.3 Å². The zero-order chi connectivity index (χ0) is 13.1. The van der Waals surface area contributed by atoms with Crippen molar-refractivity contribution in [3.63, 3.8) is 0 Å². The van der Waals surface area contributed by atoms with Crippen molar-refractivity contribution in [3.05, 3.63) is 42.5 Å². The fraction of sp³-hybridized carbons (Fsp3) is 0.214. The number of benzene rings is 2. The van der Waals surface area contributed by atoms with Gasteiger partial charge in [-0.3, -0.25) is 9.00 Å². The fourth-order valence-electron chi connectivity index (χ4n) is 1.87. The Morgan fingerprint density at radius 3 is 2.50 bits per heavy atom. The van der Waals surface area contributed by atoms with Crippen LogP contribution >= 0.6 is 0 Å². The van der Waals surface area contributed by atoms with Gasteiger partial charge in [0.05, 0.1) is 10.8 Å². The molecule has 2 aromatic rings. The first-order valence-electron chi connectivity index (χ1n) is 5.75. The van der Waals surface area contributed by atoms with E-state index < -0.39 is 22.0 Å². The van der Waals surface area contributed by atoms with E-state index in [-0.39, 0.29) is 0 Å². The molecular weight excluding hydrogens is 248 g/mol. The normalized spacial score (nSPS) is 14.3. The zero-order valence-corrected chi connectivity index (χ0v) is 10.8. The molecule has 0 aromatic heterocycles. The molecule has 2 aromatic carbocycles. The largest absolute Gasteiger partial charge is 0.480 e. The van der Waals surface area contributed by atoms with E-state index in [2.05, 4.69) is 0 Å². The average Bonchev–Trinajstić information content (AvgIpc) is 2.38. The molecule has 2 rings (SSSR count). The molecule has 1 N–H and O–H groups in total. The number of carboxylic acids is 1. The maximum atomic E-state index is 12.2. The van der Waals surface area contributed by atoms with Crippen LogP contribution in [-0.2, 0) is 15.6 Å². The molecule has 0 saturated heterocycles. The lowest BCUT2D eigenvalue weighted by atomic mass is 10.1. The lowest BCUT2D eigenvalue weighted by Gasteiger charge is -2.10. The molecule has 0 aliphatic heterocycles. The molecule has 0 aliphatic rings. The van der Waals surface area contributed by atoms with Gasteiger partial charge >= 0.3 is 5.97 Å². The predicted octanol–water partition coefficient (Wildman–Crippen LogP) is 2.81. The molecule has 2 atom stereocenters. The Morgan fingerprint density at radius 2 is 1.89 bits per heavy atom. The number of aliphatic carboxylic acids is 1. The fourth-order valence-corrected chi connectivity index (χ4v) is 3.13. The van der Waals surface area contributed by atoms with Crippen molar-refractivity contribution in [3.8, 4) is 0 Å². The van der Waals surface area contributed by atoms with Gasteiger partial charge in [-0.2, -0.15) is 0 Å². The number of hydrogen-bond acceptors (Lipinski definition) is 2. The molecule has 4 heteroatoms. The Kier molecular flexibility index (Phi) is 3.77. The van der Waals surface area contributed by atoms with Gasteiger partial charge in [-0.25, -0.2) is 0 Å². The van der Waals surface area contributed by atoms with Crippen molar-refractivity contribution < 1.29 is 14.1 Å². The van der Waals surface area contributed by atoms with Crippen molar-refractivity contribution in [1.82, 2.24) is 0 Å². The first kappa shape index (κ1) is 12.8. The van der Waals surface area contributed by atoms with E-state index in [1.807, 2.05) is 30.3 Å². The van der Waals surface area contributed by atoms with Gasteiger partial charge in [0.15, 0.2) is 0 Å². The Bertz CT molecular complexity index is 607. The summed E-state index contributed by atoms with van der Waals surface area (Å²) >= 11 is 0. The minimum absolute atomic E-state index is 0.356. The van der Waals surface area contributed by atoms with Crippen molar-refractivity contribution >= 4 is 27.5 Å². The molecule has 2 unspecified atom stereocenters. The maximum absolute atomic E-state index is 12.2. The average molecular weight is 262 g/mol. The molecule has 0 fully saturated rings. The van der Waals surface area contributed by atoms with Crippen LogP contribution in [0.2, 0.25) is 0 Å². The quantitative estimate of drug-likeness (QED) is 0.921. The van der Waals surface area contributed by atoms with E-state index in [4.69, 9.17) is 5.11 Å². The molecule has 0 amide bonds. The molecule has 0 spiro atoms. The van der Waals surface area contributed by atoms with Crippen LogP contribution in [-0.4, -0.2) is 20.5 Å². The summed E-state index contributed by atoms with van der Waals surface area (Å²) in [5.41, 5.74) is 0. The van der Waals surface area contributed by atoms with Gasteiger partial charge in [0.2, 0.25) is 0 Å². The van der Waals surface area contributed by atoms with Crippen LogP contribution in [0.3, 0.4) is 0 Å². The van der Waals surface area contributed by atoms with Crippen LogP contribution in [0, 0.1) is 0 Å². The van der Waals surface area contributed by atoms with Crippen LogP contribution in [0.4, 0.5) is 0 Å². The molecule has 0 heterocycles. The standard InChI is InChI=1S/C14H14O3S/c1-2-13(14(15)16)18(17)12-8-7-10-5-3-4-6-11(10)9-12/h3-9,13H,2H2,1H3,(H,15,16). The van der Waals surface area contributed by atoms with Crippen LogP contribution in [0.15, 0.2) is 47.4 Å². The van der Waals surface area contributed by atoms with Crippen molar-refractivity contribution in [2.75, 3.05) is 0 Å². The number of fused-ring (bicyclic) bond motifs is 1. The third-order valence-electron chi connectivity index (χ3n) is 2.86. The lowest BCUT2D eigenvalue weighted by molar-refractivity contribution is -0.136. The van der Waals surface area contributed by atoms with Gasteiger partial charge in [0, 0.05) is 4.90 Å². The van der Waals surface area contributed by atoms with Crippen LogP contribution in [0.25, 0.3) is 10.8 Å². The summed E-state index contributed by atoms with van der Waals surface area (Å²) in [6, 6.07) is 13.2. The summed E-state index contributed by atoms with van der Waals surface area (Å²) < 4.78 is 12.2. The number of hydrogen-bond donors (Lipinski definition) is 1. The van der Waals surface area contributed by atoms with E-state index in [1.165, 1.54) is 0 Å². The molecule has 94 valence electrons. The Balaban J connectivity index is 2.42. The summed E-state index contributed by atoms with van der Waals surface area (Å²) in [7, 11) is -1.51. The van der Waals surface area contributed by atoms with E-state index in [9.17, 15) is 9.00 Å². The molecule has 3 nitrogen and oxygen atoms in total. The van der Waals surface area contributed by atoms with Gasteiger partial charge in [0.1, 0.15) is 5.25 Å². The Labute approximate surface area is 108 Å². The lowest BCUT2D eigenvalue weighted by Crippen LogP contribution is -2.24. The second kappa shape index (κ2) is 5.31. The summed E-state index contributed by atoms with van der Waals surface area (Å²) in [6.45, 7) is 1.73. The zero-order valence-electron chi connectivity index (χ0n) is 10.00. The molecule has 18 heavy (non-hydrogen) atoms. The summed E-state index contributed by atoms with van der Waals surface area (Å²) in [5, 5.41) is 10.2. The first-order chi connectivity index (χ1) is 8.63. The molecule has 0 radical (unpaired) electrons. The molecular formula is C14H14O3S. The maximum Gasteiger partial charge on any atom is 0.319 e. The van der Waals surface area contributed by atoms with Crippen LogP contribution < -0.4 is 0 Å². The van der Waals surface area contributed by atoms with E-state index in [1.54, 1.807) is 19.1 Å². The van der Waals surface area contributed by atoms with Gasteiger partial charge in [-0.1, -0.05) is 37.3 Å². The third-order valence-corrected chi connectivity index (χ3v) is 4.63. The van der Waals surface area contributed by atoms with Crippen molar-refractivity contribution in [2.24, 2.45) is 0 Å². The molecule has 0 aliphatic carbocycles. The second-order valence-corrected chi connectivity index (χ2v) is 5.68. The number of carboxylic acid groups (broad SMARTS) is 1. The van der Waals surface area contributed by atoms with Crippen molar-refractivity contribution in [2.45, 2.75) is 23.5 Å². The molecule has 0 bridgehead atoms. The first-order valence-corrected chi connectivity index (χ1v) is 6.97. The van der Waals surface area contributed by atoms with Gasteiger partial charge in [-0.15, -0.1) is 0 Å². The highest BCUT2D eigenvalue weighted by atomic mass is 32.2. The highest BCUT2D eigenvalue weighted by Gasteiger charge is 2.23. The summed E-state index contributed by atoms with van der Waals surface area (Å²) in [4.78, 5) is 11.6. The third kappa shape index (κ3) is 2.43. The SMILES string of the molecule is CCC(C(=O)O)S(=O)c1ccc2ccccc2c1. The van der Waals surface area contributed by atoms with Gasteiger partial charge < -0.3 is 5.11 Å². The smallest absolute Gasteiger partial charge is 0.319 e. The van der Waals surface area contributed by atoms with E-state index in [0.717, 1.165) is 10.8 Å². The number of carbonyl (C=O) groups is 1. The van der Waals surface area contributed by atoms with Gasteiger partial charge in [-0.05, 0) is 29.3 Å². The van der Waals surface area contributed by atoms with Gasteiger partial charge in [0.25, 0.3) is 0 Å². The van der Waals surface area contributed by atoms with Crippen molar-refractivity contribution in [1.29, 1.82) is 0 Å². The Morgan fingerprint density at radius 1 is 1.22 bits per heavy atom.